The number of carbonyl (C=O) groups is 2. The number of esters is 1. The fraction of sp³-hybridized carbons (Fsp3) is 0.417. The Morgan fingerprint density at radius 3 is 2.69 bits per heavy atom. The number of anilines is 1. The van der Waals surface area contributed by atoms with E-state index in [9.17, 15) is 9.59 Å². The van der Waals surface area contributed by atoms with Crippen LogP contribution in [0, 0.1) is 5.92 Å². The Morgan fingerprint density at radius 1 is 1.14 bits per heavy atom. The summed E-state index contributed by atoms with van der Waals surface area (Å²) in [4.78, 5) is 31.3. The molecule has 1 spiro atoms. The van der Waals surface area contributed by atoms with Crippen LogP contribution in [0.15, 0.2) is 54.6 Å². The van der Waals surface area contributed by atoms with Gasteiger partial charge in [-0.1, -0.05) is 48.5 Å². The Bertz CT molecular complexity index is 944. The number of fused-ring (bicyclic) bond motifs is 4. The molecular formula is C24H26N2O3. The summed E-state index contributed by atoms with van der Waals surface area (Å²) in [7, 11) is 0. The quantitative estimate of drug-likeness (QED) is 0.750. The average Bonchev–Trinajstić information content (AvgIpc) is 3.39. The molecular weight excluding hydrogens is 364 g/mol. The summed E-state index contributed by atoms with van der Waals surface area (Å²) in [5.41, 5.74) is 2.03. The normalized spacial score (nSPS) is 28.0. The fourth-order valence-electron chi connectivity index (χ4n) is 5.70. The lowest BCUT2D eigenvalue weighted by Crippen LogP contribution is -2.54. The topological polar surface area (TPSA) is 49.9 Å². The molecule has 1 amide bonds. The van der Waals surface area contributed by atoms with Crippen LogP contribution in [0.4, 0.5) is 5.69 Å². The number of benzene rings is 2. The van der Waals surface area contributed by atoms with Gasteiger partial charge in [0.05, 0.1) is 19.1 Å². The molecule has 2 saturated heterocycles. The first-order chi connectivity index (χ1) is 14.2. The van der Waals surface area contributed by atoms with E-state index in [0.717, 1.165) is 36.2 Å². The number of hydrogen-bond acceptors (Lipinski definition) is 4. The Hall–Kier alpha value is -2.66. The predicted octanol–water partition coefficient (Wildman–Crippen LogP) is 3.48. The molecule has 2 fully saturated rings. The number of carbonyl (C=O) groups excluding carboxylic acids is 2. The third kappa shape index (κ3) is 2.57. The van der Waals surface area contributed by atoms with Crippen LogP contribution in [-0.2, 0) is 26.4 Å². The van der Waals surface area contributed by atoms with Crippen LogP contribution in [0.2, 0.25) is 0 Å². The largest absolute Gasteiger partial charge is 0.466 e. The van der Waals surface area contributed by atoms with E-state index in [1.165, 1.54) is 0 Å². The van der Waals surface area contributed by atoms with Crippen molar-refractivity contribution in [3.63, 3.8) is 0 Å². The highest BCUT2D eigenvalue weighted by atomic mass is 16.5. The number of amides is 1. The molecule has 3 aliphatic rings. The van der Waals surface area contributed by atoms with Gasteiger partial charge in [-0.2, -0.15) is 0 Å². The maximum absolute atomic E-state index is 14.1. The van der Waals surface area contributed by atoms with Gasteiger partial charge in [0, 0.05) is 17.3 Å². The van der Waals surface area contributed by atoms with Gasteiger partial charge in [0.1, 0.15) is 5.54 Å². The predicted molar refractivity (Wildman–Crippen MR) is 110 cm³/mol. The molecule has 5 nitrogen and oxygen atoms in total. The molecule has 0 N–H and O–H groups in total. The third-order valence-electron chi connectivity index (χ3n) is 6.77. The van der Waals surface area contributed by atoms with Crippen molar-refractivity contribution in [2.24, 2.45) is 5.92 Å². The summed E-state index contributed by atoms with van der Waals surface area (Å²) in [5.74, 6) is -0.682. The second-order valence-electron chi connectivity index (χ2n) is 8.19. The first-order valence-electron chi connectivity index (χ1n) is 10.6. The number of para-hydroxylation sites is 1. The zero-order valence-corrected chi connectivity index (χ0v) is 16.7. The smallest absolute Gasteiger partial charge is 0.311 e. The van der Waals surface area contributed by atoms with Crippen LogP contribution in [0.5, 0.6) is 0 Å². The Balaban J connectivity index is 1.64. The summed E-state index contributed by atoms with van der Waals surface area (Å²) < 4.78 is 5.46. The standard InChI is InChI=1S/C24H26N2O3/c1-2-29-22(27)20-15-18-11-8-14-26(18)24(20)19-12-6-7-13-21(19)25(23(24)28)16-17-9-4-3-5-10-17/h3-7,9-10,12-13,18,20H,2,8,11,14-16H2,1H3. The van der Waals surface area contributed by atoms with Crippen LogP contribution >= 0.6 is 0 Å². The molecule has 3 aliphatic heterocycles. The van der Waals surface area contributed by atoms with E-state index in [-0.39, 0.29) is 17.9 Å². The molecule has 0 radical (unpaired) electrons. The van der Waals surface area contributed by atoms with Gasteiger partial charge in [-0.25, -0.2) is 0 Å². The molecule has 5 heteroatoms. The Labute approximate surface area is 171 Å². The van der Waals surface area contributed by atoms with Crippen LogP contribution in [0.3, 0.4) is 0 Å². The van der Waals surface area contributed by atoms with Crippen molar-refractivity contribution in [2.45, 2.75) is 44.3 Å². The van der Waals surface area contributed by atoms with Crippen molar-refractivity contribution >= 4 is 17.6 Å². The first-order valence-corrected chi connectivity index (χ1v) is 10.6. The van der Waals surface area contributed by atoms with Crippen molar-refractivity contribution in [1.29, 1.82) is 0 Å². The summed E-state index contributed by atoms with van der Waals surface area (Å²) >= 11 is 0. The lowest BCUT2D eigenvalue weighted by Gasteiger charge is -2.37. The van der Waals surface area contributed by atoms with Gasteiger partial charge in [-0.05, 0) is 44.4 Å². The molecule has 0 aliphatic carbocycles. The molecule has 0 aromatic heterocycles. The van der Waals surface area contributed by atoms with Gasteiger partial charge in [-0.15, -0.1) is 0 Å². The molecule has 150 valence electrons. The van der Waals surface area contributed by atoms with Gasteiger partial charge in [0.25, 0.3) is 5.91 Å². The van der Waals surface area contributed by atoms with Crippen molar-refractivity contribution < 1.29 is 14.3 Å². The van der Waals surface area contributed by atoms with Crippen LogP contribution in [0.25, 0.3) is 0 Å². The SMILES string of the molecule is CCOC(=O)C1CC2CCCN2C12C(=O)N(Cc1ccccc1)c1ccccc12. The van der Waals surface area contributed by atoms with Gasteiger partial charge in [0.15, 0.2) is 0 Å². The summed E-state index contributed by atoms with van der Waals surface area (Å²) in [6, 6.07) is 18.3. The van der Waals surface area contributed by atoms with Crippen LogP contribution < -0.4 is 4.90 Å². The lowest BCUT2D eigenvalue weighted by molar-refractivity contribution is -0.155. The highest BCUT2D eigenvalue weighted by molar-refractivity contribution is 6.10. The van der Waals surface area contributed by atoms with Crippen molar-refractivity contribution in [3.8, 4) is 0 Å². The minimum Gasteiger partial charge on any atom is -0.466 e. The third-order valence-corrected chi connectivity index (χ3v) is 6.77. The number of ether oxygens (including phenoxy) is 1. The number of nitrogens with zero attached hydrogens (tertiary/aromatic N) is 2. The van der Waals surface area contributed by atoms with Gasteiger partial charge in [-0.3, -0.25) is 14.5 Å². The van der Waals surface area contributed by atoms with E-state index in [2.05, 4.69) is 4.90 Å². The average molecular weight is 390 g/mol. The van der Waals surface area contributed by atoms with E-state index < -0.39 is 11.5 Å². The van der Waals surface area contributed by atoms with Gasteiger partial charge >= 0.3 is 5.97 Å². The van der Waals surface area contributed by atoms with Crippen LogP contribution in [0.1, 0.15) is 37.3 Å². The highest BCUT2D eigenvalue weighted by Crippen LogP contribution is 2.57. The van der Waals surface area contributed by atoms with Gasteiger partial charge < -0.3 is 9.64 Å². The fourth-order valence-corrected chi connectivity index (χ4v) is 5.70. The molecule has 5 rings (SSSR count). The van der Waals surface area contributed by atoms with E-state index in [1.807, 2.05) is 66.4 Å². The maximum atomic E-state index is 14.1. The molecule has 0 bridgehead atoms. The van der Waals surface area contributed by atoms with E-state index >= 15 is 0 Å². The zero-order valence-electron chi connectivity index (χ0n) is 16.7. The highest BCUT2D eigenvalue weighted by Gasteiger charge is 2.67. The van der Waals surface area contributed by atoms with E-state index in [0.29, 0.717) is 19.6 Å². The molecule has 3 unspecified atom stereocenters. The van der Waals surface area contributed by atoms with Crippen molar-refractivity contribution in [1.82, 2.24) is 4.90 Å². The minimum atomic E-state index is -0.932. The molecule has 3 heterocycles. The summed E-state index contributed by atoms with van der Waals surface area (Å²) in [6.07, 6.45) is 2.79. The molecule has 0 saturated carbocycles. The Morgan fingerprint density at radius 2 is 1.90 bits per heavy atom. The molecule has 29 heavy (non-hydrogen) atoms. The molecule has 3 atom stereocenters. The molecule has 2 aromatic rings. The maximum Gasteiger partial charge on any atom is 0.311 e. The van der Waals surface area contributed by atoms with Crippen molar-refractivity contribution in [3.05, 3.63) is 65.7 Å². The number of rotatable bonds is 4. The summed E-state index contributed by atoms with van der Waals surface area (Å²) in [6.45, 7) is 3.51. The van der Waals surface area contributed by atoms with Crippen LogP contribution in [-0.4, -0.2) is 36.0 Å². The van der Waals surface area contributed by atoms with Crippen molar-refractivity contribution in [2.75, 3.05) is 18.1 Å². The van der Waals surface area contributed by atoms with E-state index in [1.54, 1.807) is 0 Å². The lowest BCUT2D eigenvalue weighted by atomic mass is 9.79. The van der Waals surface area contributed by atoms with E-state index in [4.69, 9.17) is 4.74 Å². The molecule has 2 aromatic carbocycles. The summed E-state index contributed by atoms with van der Waals surface area (Å²) in [5, 5.41) is 0. The Kier molecular flexibility index (Phi) is 4.43. The second kappa shape index (κ2) is 6.99. The second-order valence-corrected chi connectivity index (χ2v) is 8.19. The monoisotopic (exact) mass is 390 g/mol. The first kappa shape index (κ1) is 18.4. The number of hydrogen-bond donors (Lipinski definition) is 0. The zero-order chi connectivity index (χ0) is 20.0. The minimum absolute atomic E-state index is 0.0185. The van der Waals surface area contributed by atoms with Gasteiger partial charge in [0.2, 0.25) is 0 Å².